The molecule has 0 aliphatic carbocycles. The Labute approximate surface area is 109 Å². The summed E-state index contributed by atoms with van der Waals surface area (Å²) in [7, 11) is 1.84. The van der Waals surface area contributed by atoms with Crippen LogP contribution in [0.4, 0.5) is 17.1 Å². The molecule has 2 N–H and O–H groups in total. The quantitative estimate of drug-likeness (QED) is 0.611. The van der Waals surface area contributed by atoms with Gasteiger partial charge in [0.05, 0.1) is 17.4 Å². The number of rotatable bonds is 3. The third-order valence-corrected chi connectivity index (χ3v) is 3.71. The van der Waals surface area contributed by atoms with E-state index in [2.05, 4.69) is 10.6 Å². The Morgan fingerprint density at radius 2 is 2.16 bits per heavy atom. The van der Waals surface area contributed by atoms with Crippen LogP contribution in [0, 0.1) is 10.1 Å². The molecule has 0 bridgehead atoms. The van der Waals surface area contributed by atoms with E-state index in [0.29, 0.717) is 16.9 Å². The minimum absolute atomic E-state index is 0.0599. The summed E-state index contributed by atoms with van der Waals surface area (Å²) in [5.41, 5.74) is 1.99. The molecule has 2 heterocycles. The van der Waals surface area contributed by atoms with Crippen molar-refractivity contribution in [1.82, 2.24) is 5.32 Å². The third kappa shape index (κ3) is 1.91. The fourth-order valence-corrected chi connectivity index (χ4v) is 2.42. The molecule has 0 atom stereocenters. The fourth-order valence-electron chi connectivity index (χ4n) is 2.42. The molecule has 1 saturated heterocycles. The van der Waals surface area contributed by atoms with Gasteiger partial charge in [-0.1, -0.05) is 0 Å². The number of anilines is 2. The minimum Gasteiger partial charge on any atom is -0.363 e. The average molecular weight is 262 g/mol. The summed E-state index contributed by atoms with van der Waals surface area (Å²) in [6.07, 6.45) is 0.213. The molecule has 1 aromatic carbocycles. The Balaban J connectivity index is 2.04. The molecule has 7 nitrogen and oxygen atoms in total. The largest absolute Gasteiger partial charge is 0.363 e. The predicted octanol–water partition coefficient (Wildman–Crippen LogP) is 0.497. The first-order chi connectivity index (χ1) is 9.06. The molecule has 100 valence electrons. The Morgan fingerprint density at radius 1 is 1.42 bits per heavy atom. The highest BCUT2D eigenvalue weighted by molar-refractivity contribution is 6.00. The smallest absolute Gasteiger partial charge is 0.292 e. The molecule has 0 saturated carbocycles. The van der Waals surface area contributed by atoms with Gasteiger partial charge < -0.3 is 15.5 Å². The summed E-state index contributed by atoms with van der Waals surface area (Å²) in [4.78, 5) is 24.1. The summed E-state index contributed by atoms with van der Waals surface area (Å²) in [6, 6.07) is 3.47. The zero-order valence-corrected chi connectivity index (χ0v) is 10.5. The molecule has 2 aliphatic rings. The number of benzene rings is 1. The van der Waals surface area contributed by atoms with Crippen molar-refractivity contribution >= 4 is 23.0 Å². The zero-order valence-electron chi connectivity index (χ0n) is 10.5. The fraction of sp³-hybridized carbons (Fsp3) is 0.417. The molecule has 2 aliphatic heterocycles. The van der Waals surface area contributed by atoms with Crippen LogP contribution in [0.15, 0.2) is 12.1 Å². The topological polar surface area (TPSA) is 87.5 Å². The maximum Gasteiger partial charge on any atom is 0.292 e. The number of hydrogen-bond acceptors (Lipinski definition) is 5. The van der Waals surface area contributed by atoms with Gasteiger partial charge in [-0.05, 0) is 11.6 Å². The Morgan fingerprint density at radius 3 is 2.74 bits per heavy atom. The van der Waals surface area contributed by atoms with Crippen molar-refractivity contribution in [2.75, 3.05) is 30.4 Å². The van der Waals surface area contributed by atoms with E-state index in [4.69, 9.17) is 0 Å². The van der Waals surface area contributed by atoms with Crippen LogP contribution >= 0.6 is 0 Å². The maximum atomic E-state index is 11.4. The molecule has 0 unspecified atom stereocenters. The first kappa shape index (κ1) is 11.9. The predicted molar refractivity (Wildman–Crippen MR) is 70.5 cm³/mol. The number of nitro benzene ring substituents is 1. The Hall–Kier alpha value is -2.15. The highest BCUT2D eigenvalue weighted by Gasteiger charge is 2.30. The molecule has 3 rings (SSSR count). The summed E-state index contributed by atoms with van der Waals surface area (Å²) in [5.74, 6) is -0.116. The van der Waals surface area contributed by atoms with Gasteiger partial charge in [-0.2, -0.15) is 0 Å². The van der Waals surface area contributed by atoms with E-state index >= 15 is 0 Å². The molecule has 1 aromatic rings. The Kier molecular flexibility index (Phi) is 2.63. The van der Waals surface area contributed by atoms with Crippen molar-refractivity contribution in [3.05, 3.63) is 27.8 Å². The molecule has 7 heteroatoms. The van der Waals surface area contributed by atoms with Crippen LogP contribution in [0.3, 0.4) is 0 Å². The van der Waals surface area contributed by atoms with Crippen LogP contribution in [-0.4, -0.2) is 37.0 Å². The molecular weight excluding hydrogens is 248 g/mol. The van der Waals surface area contributed by atoms with Gasteiger partial charge in [0.2, 0.25) is 5.91 Å². The number of nitrogens with zero attached hydrogens (tertiary/aromatic N) is 2. The van der Waals surface area contributed by atoms with E-state index in [1.807, 2.05) is 11.9 Å². The van der Waals surface area contributed by atoms with Crippen molar-refractivity contribution < 1.29 is 9.72 Å². The van der Waals surface area contributed by atoms with Gasteiger partial charge >= 0.3 is 0 Å². The van der Waals surface area contributed by atoms with Crippen LogP contribution in [0.5, 0.6) is 0 Å². The second kappa shape index (κ2) is 4.20. The van der Waals surface area contributed by atoms with Crippen LogP contribution in [0.2, 0.25) is 0 Å². The lowest BCUT2D eigenvalue weighted by Crippen LogP contribution is -2.56. The number of amides is 1. The maximum absolute atomic E-state index is 11.4. The SMILES string of the molecule is CN(c1cc2c(cc1[N+](=O)[O-])CC(=O)N2)C1CNC1. The number of carbonyl (C=O) groups is 1. The van der Waals surface area contributed by atoms with Crippen LogP contribution < -0.4 is 15.5 Å². The summed E-state index contributed by atoms with van der Waals surface area (Å²) >= 11 is 0. The van der Waals surface area contributed by atoms with E-state index in [1.54, 1.807) is 6.07 Å². The van der Waals surface area contributed by atoms with Crippen molar-refractivity contribution in [2.45, 2.75) is 12.5 Å². The second-order valence-corrected chi connectivity index (χ2v) is 4.90. The average Bonchev–Trinajstić information content (AvgIpc) is 2.63. The van der Waals surface area contributed by atoms with Crippen LogP contribution in [0.25, 0.3) is 0 Å². The highest BCUT2D eigenvalue weighted by Crippen LogP contribution is 2.37. The standard InChI is InChI=1S/C12H14N4O3/c1-15(8-5-13-6-8)10-4-9-7(3-12(17)14-9)2-11(10)16(18)19/h2,4,8,13H,3,5-6H2,1H3,(H,14,17). The number of hydrogen-bond donors (Lipinski definition) is 2. The number of likely N-dealkylation sites (N-methyl/N-ethyl adjacent to an activating group) is 1. The van der Waals surface area contributed by atoms with E-state index in [1.165, 1.54) is 6.07 Å². The number of carbonyl (C=O) groups excluding carboxylic acids is 1. The van der Waals surface area contributed by atoms with E-state index in [0.717, 1.165) is 13.1 Å². The van der Waals surface area contributed by atoms with Crippen molar-refractivity contribution in [2.24, 2.45) is 0 Å². The second-order valence-electron chi connectivity index (χ2n) is 4.90. The first-order valence-electron chi connectivity index (χ1n) is 6.11. The summed E-state index contributed by atoms with van der Waals surface area (Å²) in [5, 5.41) is 17.1. The summed E-state index contributed by atoms with van der Waals surface area (Å²) in [6.45, 7) is 1.63. The van der Waals surface area contributed by atoms with Crippen molar-refractivity contribution in [3.8, 4) is 0 Å². The van der Waals surface area contributed by atoms with Crippen LogP contribution in [0.1, 0.15) is 5.56 Å². The summed E-state index contributed by atoms with van der Waals surface area (Å²) < 4.78 is 0. The van der Waals surface area contributed by atoms with Gasteiger partial charge in [-0.3, -0.25) is 14.9 Å². The molecule has 1 fully saturated rings. The highest BCUT2D eigenvalue weighted by atomic mass is 16.6. The molecule has 0 spiro atoms. The van der Waals surface area contributed by atoms with E-state index in [-0.39, 0.29) is 29.0 Å². The molecule has 1 amide bonds. The molecule has 19 heavy (non-hydrogen) atoms. The van der Waals surface area contributed by atoms with Gasteiger partial charge in [-0.25, -0.2) is 0 Å². The van der Waals surface area contributed by atoms with Crippen molar-refractivity contribution in [3.63, 3.8) is 0 Å². The number of fused-ring (bicyclic) bond motifs is 1. The zero-order chi connectivity index (χ0) is 13.6. The lowest BCUT2D eigenvalue weighted by atomic mass is 10.1. The van der Waals surface area contributed by atoms with Gasteiger partial charge in [0.15, 0.2) is 0 Å². The molecular formula is C12H14N4O3. The van der Waals surface area contributed by atoms with E-state index in [9.17, 15) is 14.9 Å². The van der Waals surface area contributed by atoms with Crippen molar-refractivity contribution in [1.29, 1.82) is 0 Å². The minimum atomic E-state index is -0.388. The number of nitro groups is 1. The normalized spacial score (nSPS) is 17.6. The monoisotopic (exact) mass is 262 g/mol. The first-order valence-corrected chi connectivity index (χ1v) is 6.11. The molecule has 0 aromatic heterocycles. The van der Waals surface area contributed by atoms with Gasteiger partial charge in [-0.15, -0.1) is 0 Å². The Bertz CT molecular complexity index is 568. The van der Waals surface area contributed by atoms with Gasteiger partial charge in [0.25, 0.3) is 5.69 Å². The van der Waals surface area contributed by atoms with Crippen LogP contribution in [-0.2, 0) is 11.2 Å². The van der Waals surface area contributed by atoms with Gasteiger partial charge in [0, 0.05) is 31.9 Å². The lowest BCUT2D eigenvalue weighted by molar-refractivity contribution is -0.384. The van der Waals surface area contributed by atoms with Gasteiger partial charge in [0.1, 0.15) is 5.69 Å². The molecule has 0 radical (unpaired) electrons. The lowest BCUT2D eigenvalue weighted by Gasteiger charge is -2.36. The number of nitrogens with one attached hydrogen (secondary N) is 2. The van der Waals surface area contributed by atoms with E-state index < -0.39 is 0 Å². The third-order valence-electron chi connectivity index (χ3n) is 3.71.